The van der Waals surface area contributed by atoms with Crippen LogP contribution < -0.4 is 10.2 Å². The standard InChI is InChI=1S/C28H29ClN6O2/c1-28(37,26-16-31-24(15-32-26)27(36)33-22-8-9-22)18-34-12-13-35(23-10-2-19(14-30)3-11-23)25(17-34)20-4-6-21(29)7-5-20/h2-7,10-11,15-16,22,25,37H,8-9,12-13,17-18H2,1H3,(H,33,36)/t25-,28+/m0/s1. The summed E-state index contributed by atoms with van der Waals surface area (Å²) in [5.41, 5.74) is 2.21. The van der Waals surface area contributed by atoms with E-state index in [0.717, 1.165) is 37.2 Å². The Bertz CT molecular complexity index is 1280. The molecule has 0 unspecified atom stereocenters. The molecule has 2 heterocycles. The van der Waals surface area contributed by atoms with Gasteiger partial charge in [0, 0.05) is 42.9 Å². The van der Waals surface area contributed by atoms with Crippen LogP contribution in [-0.4, -0.2) is 58.1 Å². The Balaban J connectivity index is 1.32. The molecule has 0 spiro atoms. The van der Waals surface area contributed by atoms with Gasteiger partial charge in [0.05, 0.1) is 35.8 Å². The minimum absolute atomic E-state index is 0.0225. The number of rotatable bonds is 7. The van der Waals surface area contributed by atoms with E-state index in [1.807, 2.05) is 48.5 Å². The van der Waals surface area contributed by atoms with Crippen molar-refractivity contribution in [2.24, 2.45) is 0 Å². The number of carbonyl (C=O) groups excluding carboxylic acids is 1. The molecule has 190 valence electrons. The highest BCUT2D eigenvalue weighted by Gasteiger charge is 2.34. The highest BCUT2D eigenvalue weighted by Crippen LogP contribution is 2.33. The third kappa shape index (κ3) is 5.91. The molecule has 2 N–H and O–H groups in total. The van der Waals surface area contributed by atoms with Gasteiger partial charge in [-0.2, -0.15) is 5.26 Å². The van der Waals surface area contributed by atoms with Gasteiger partial charge in [-0.1, -0.05) is 23.7 Å². The van der Waals surface area contributed by atoms with Gasteiger partial charge in [0.1, 0.15) is 11.3 Å². The van der Waals surface area contributed by atoms with Gasteiger partial charge in [0.25, 0.3) is 5.91 Å². The second kappa shape index (κ2) is 10.5. The van der Waals surface area contributed by atoms with Crippen molar-refractivity contribution in [1.82, 2.24) is 20.2 Å². The third-order valence-corrected chi connectivity index (χ3v) is 7.18. The van der Waals surface area contributed by atoms with Crippen LogP contribution in [0.4, 0.5) is 5.69 Å². The summed E-state index contributed by atoms with van der Waals surface area (Å²) >= 11 is 6.15. The molecule has 1 aliphatic carbocycles. The average molecular weight is 517 g/mol. The number of β-amino-alcohol motifs (C(OH)–C–C–N with tert-alkyl or cyclic N) is 1. The van der Waals surface area contributed by atoms with Crippen molar-refractivity contribution < 1.29 is 9.90 Å². The Hall–Kier alpha value is -3.51. The highest BCUT2D eigenvalue weighted by molar-refractivity contribution is 6.30. The zero-order valence-corrected chi connectivity index (χ0v) is 21.4. The summed E-state index contributed by atoms with van der Waals surface area (Å²) in [5, 5.41) is 24.1. The molecule has 8 nitrogen and oxygen atoms in total. The minimum atomic E-state index is -1.25. The monoisotopic (exact) mass is 516 g/mol. The lowest BCUT2D eigenvalue weighted by atomic mass is 9.97. The summed E-state index contributed by atoms with van der Waals surface area (Å²) in [6.45, 7) is 4.23. The molecule has 1 aliphatic heterocycles. The molecular formula is C28H29ClN6O2. The summed E-state index contributed by atoms with van der Waals surface area (Å²) in [4.78, 5) is 25.4. The van der Waals surface area contributed by atoms with Crippen LogP contribution in [0.1, 0.15) is 53.1 Å². The van der Waals surface area contributed by atoms with Crippen molar-refractivity contribution in [3.63, 3.8) is 0 Å². The van der Waals surface area contributed by atoms with Gasteiger partial charge in [-0.3, -0.25) is 14.7 Å². The number of piperazine rings is 1. The predicted molar refractivity (Wildman–Crippen MR) is 141 cm³/mol. The number of aliphatic hydroxyl groups is 1. The number of benzene rings is 2. The van der Waals surface area contributed by atoms with E-state index in [2.05, 4.69) is 31.2 Å². The molecule has 2 atom stereocenters. The molecule has 3 aromatic rings. The number of amides is 1. The molecule has 2 aliphatic rings. The first-order chi connectivity index (χ1) is 17.8. The molecular weight excluding hydrogens is 488 g/mol. The van der Waals surface area contributed by atoms with E-state index in [1.54, 1.807) is 6.92 Å². The summed E-state index contributed by atoms with van der Waals surface area (Å²) in [6.07, 6.45) is 4.93. The molecule has 9 heteroatoms. The maximum Gasteiger partial charge on any atom is 0.271 e. The fraction of sp³-hybridized carbons (Fsp3) is 0.357. The van der Waals surface area contributed by atoms with E-state index in [-0.39, 0.29) is 23.7 Å². The fourth-order valence-corrected chi connectivity index (χ4v) is 4.84. The molecule has 37 heavy (non-hydrogen) atoms. The number of nitrogens with zero attached hydrogens (tertiary/aromatic N) is 5. The van der Waals surface area contributed by atoms with Gasteiger partial charge in [0.2, 0.25) is 0 Å². The fourth-order valence-electron chi connectivity index (χ4n) is 4.72. The Morgan fingerprint density at radius 2 is 1.86 bits per heavy atom. The first kappa shape index (κ1) is 25.2. The van der Waals surface area contributed by atoms with Gasteiger partial charge in [-0.15, -0.1) is 0 Å². The van der Waals surface area contributed by atoms with Crippen LogP contribution >= 0.6 is 11.6 Å². The Kier molecular flexibility index (Phi) is 7.11. The largest absolute Gasteiger partial charge is 0.382 e. The van der Waals surface area contributed by atoms with Crippen molar-refractivity contribution in [2.45, 2.75) is 37.5 Å². The number of carbonyl (C=O) groups is 1. The van der Waals surface area contributed by atoms with Crippen LogP contribution in [-0.2, 0) is 5.60 Å². The maximum atomic E-state index is 12.2. The van der Waals surface area contributed by atoms with Gasteiger partial charge in [-0.25, -0.2) is 4.98 Å². The van der Waals surface area contributed by atoms with E-state index >= 15 is 0 Å². The number of halogens is 1. The third-order valence-electron chi connectivity index (χ3n) is 6.93. The highest BCUT2D eigenvalue weighted by atomic mass is 35.5. The van der Waals surface area contributed by atoms with Crippen molar-refractivity contribution in [3.05, 3.63) is 88.5 Å². The van der Waals surface area contributed by atoms with E-state index in [1.165, 1.54) is 12.4 Å². The van der Waals surface area contributed by atoms with E-state index in [4.69, 9.17) is 11.6 Å². The number of nitrogens with one attached hydrogen (secondary N) is 1. The summed E-state index contributed by atoms with van der Waals surface area (Å²) in [5.74, 6) is -0.231. The smallest absolute Gasteiger partial charge is 0.271 e. The number of hydrogen-bond donors (Lipinski definition) is 2. The lowest BCUT2D eigenvalue weighted by Crippen LogP contribution is -2.52. The zero-order chi connectivity index (χ0) is 26.0. The van der Waals surface area contributed by atoms with Crippen LogP contribution in [0.25, 0.3) is 0 Å². The predicted octanol–water partition coefficient (Wildman–Crippen LogP) is 3.66. The summed E-state index contributed by atoms with van der Waals surface area (Å²) < 4.78 is 0. The SMILES string of the molecule is C[C@@](O)(CN1CCN(c2ccc(C#N)cc2)[C@H](c2ccc(Cl)cc2)C1)c1cnc(C(=O)NC2CC2)cn1. The first-order valence-corrected chi connectivity index (χ1v) is 12.8. The molecule has 2 aromatic carbocycles. The first-order valence-electron chi connectivity index (χ1n) is 12.4. The minimum Gasteiger partial charge on any atom is -0.382 e. The van der Waals surface area contributed by atoms with Crippen LogP contribution in [0.15, 0.2) is 60.9 Å². The number of aromatic nitrogens is 2. The van der Waals surface area contributed by atoms with Gasteiger partial charge in [0.15, 0.2) is 0 Å². The van der Waals surface area contributed by atoms with E-state index in [9.17, 15) is 15.2 Å². The molecule has 0 bridgehead atoms. The van der Waals surface area contributed by atoms with Crippen molar-refractivity contribution in [3.8, 4) is 6.07 Å². The molecule has 5 rings (SSSR count). The summed E-state index contributed by atoms with van der Waals surface area (Å²) in [7, 11) is 0. The van der Waals surface area contributed by atoms with Crippen LogP contribution in [0.5, 0.6) is 0 Å². The number of nitriles is 1. The van der Waals surface area contributed by atoms with Crippen molar-refractivity contribution in [2.75, 3.05) is 31.1 Å². The quantitative estimate of drug-likeness (QED) is 0.493. The molecule has 1 saturated carbocycles. The summed E-state index contributed by atoms with van der Waals surface area (Å²) in [6, 6.07) is 17.9. The normalized spacial score (nSPS) is 19.6. The number of anilines is 1. The van der Waals surface area contributed by atoms with Gasteiger partial charge in [-0.05, 0) is 61.7 Å². The van der Waals surface area contributed by atoms with E-state index in [0.29, 0.717) is 29.4 Å². The Morgan fingerprint density at radius 1 is 1.14 bits per heavy atom. The van der Waals surface area contributed by atoms with Crippen LogP contribution in [0.3, 0.4) is 0 Å². The molecule has 1 aromatic heterocycles. The second-order valence-corrected chi connectivity index (χ2v) is 10.4. The topological polar surface area (TPSA) is 105 Å². The Labute approximate surface area is 221 Å². The van der Waals surface area contributed by atoms with Crippen LogP contribution in [0, 0.1) is 11.3 Å². The molecule has 1 saturated heterocycles. The van der Waals surface area contributed by atoms with Crippen LogP contribution in [0.2, 0.25) is 5.02 Å². The van der Waals surface area contributed by atoms with Gasteiger partial charge < -0.3 is 15.3 Å². The molecule has 2 fully saturated rings. The second-order valence-electron chi connectivity index (χ2n) is 9.96. The van der Waals surface area contributed by atoms with Crippen molar-refractivity contribution in [1.29, 1.82) is 5.26 Å². The maximum absolute atomic E-state index is 12.2. The average Bonchev–Trinajstić information content (AvgIpc) is 3.73. The zero-order valence-electron chi connectivity index (χ0n) is 20.6. The molecule has 1 amide bonds. The number of hydrogen-bond acceptors (Lipinski definition) is 7. The lowest BCUT2D eigenvalue weighted by molar-refractivity contribution is 0.00641. The Morgan fingerprint density at radius 3 is 2.49 bits per heavy atom. The molecule has 0 radical (unpaired) electrons. The van der Waals surface area contributed by atoms with E-state index < -0.39 is 5.60 Å². The lowest BCUT2D eigenvalue weighted by Gasteiger charge is -2.44. The van der Waals surface area contributed by atoms with Crippen molar-refractivity contribution >= 4 is 23.2 Å². The van der Waals surface area contributed by atoms with Gasteiger partial charge >= 0.3 is 0 Å².